The van der Waals surface area contributed by atoms with E-state index in [9.17, 15) is 17.6 Å². The fourth-order valence-electron chi connectivity index (χ4n) is 2.77. The molecule has 0 spiro atoms. The van der Waals surface area contributed by atoms with Gasteiger partial charge in [0.25, 0.3) is 0 Å². The van der Waals surface area contributed by atoms with Gasteiger partial charge in [-0.15, -0.1) is 0 Å². The van der Waals surface area contributed by atoms with Crippen molar-refractivity contribution in [2.75, 3.05) is 13.1 Å². The maximum absolute atomic E-state index is 13.4. The standard InChI is InChI=1S/C20H18BrFN2O4S/c1-3-24(4-2)29(26,27)15-8-6-14(7-9-15)19-23-18(20(25)28-19)12-13-5-10-17(22)16(21)11-13/h5-12H,3-4H2,1-2H3/b18-12-. The van der Waals surface area contributed by atoms with Crippen LogP contribution in [0.3, 0.4) is 0 Å². The molecule has 1 aliphatic rings. The van der Waals surface area contributed by atoms with E-state index in [0.29, 0.717) is 24.2 Å². The number of nitrogens with zero attached hydrogens (tertiary/aromatic N) is 2. The number of hydrogen-bond acceptors (Lipinski definition) is 5. The average molecular weight is 481 g/mol. The normalized spacial score (nSPS) is 15.7. The zero-order chi connectivity index (χ0) is 21.2. The van der Waals surface area contributed by atoms with Crippen molar-refractivity contribution in [3.63, 3.8) is 0 Å². The monoisotopic (exact) mass is 480 g/mol. The molecule has 0 unspecified atom stereocenters. The van der Waals surface area contributed by atoms with Gasteiger partial charge in [0.15, 0.2) is 5.70 Å². The maximum atomic E-state index is 13.4. The lowest BCUT2D eigenvalue weighted by Gasteiger charge is -2.18. The number of ether oxygens (including phenoxy) is 1. The van der Waals surface area contributed by atoms with Crippen LogP contribution in [0, 0.1) is 5.82 Å². The van der Waals surface area contributed by atoms with E-state index >= 15 is 0 Å². The van der Waals surface area contributed by atoms with E-state index in [1.54, 1.807) is 26.0 Å². The van der Waals surface area contributed by atoms with E-state index in [-0.39, 0.29) is 21.0 Å². The topological polar surface area (TPSA) is 76.0 Å². The third kappa shape index (κ3) is 4.47. The lowest BCUT2D eigenvalue weighted by atomic mass is 10.2. The summed E-state index contributed by atoms with van der Waals surface area (Å²) in [5.41, 5.74) is 1.12. The number of carbonyl (C=O) groups excluding carboxylic acids is 1. The predicted molar refractivity (Wildman–Crippen MR) is 111 cm³/mol. The number of cyclic esters (lactones) is 1. The second kappa shape index (κ2) is 8.56. The number of aliphatic imine (C=N–C) groups is 1. The molecule has 3 rings (SSSR count). The molecule has 152 valence electrons. The SMILES string of the molecule is CCN(CC)S(=O)(=O)c1ccc(C2=N/C(=C\c3ccc(F)c(Br)c3)C(=O)O2)cc1. The maximum Gasteiger partial charge on any atom is 0.363 e. The number of rotatable bonds is 6. The first-order chi connectivity index (χ1) is 13.8. The lowest BCUT2D eigenvalue weighted by Crippen LogP contribution is -2.30. The minimum atomic E-state index is -3.57. The molecule has 0 bridgehead atoms. The number of benzene rings is 2. The molecule has 0 saturated heterocycles. The molecule has 0 fully saturated rings. The van der Waals surface area contributed by atoms with Gasteiger partial charge in [-0.2, -0.15) is 4.31 Å². The third-order valence-electron chi connectivity index (χ3n) is 4.31. The molecule has 0 N–H and O–H groups in total. The Kier molecular flexibility index (Phi) is 6.30. The van der Waals surface area contributed by atoms with Crippen molar-refractivity contribution in [2.45, 2.75) is 18.7 Å². The summed E-state index contributed by atoms with van der Waals surface area (Å²) in [6, 6.07) is 10.3. The Hall–Kier alpha value is -2.36. The van der Waals surface area contributed by atoms with Crippen LogP contribution < -0.4 is 0 Å². The molecule has 2 aromatic rings. The summed E-state index contributed by atoms with van der Waals surface area (Å²) in [6.45, 7) is 4.29. The van der Waals surface area contributed by atoms with Gasteiger partial charge in [-0.25, -0.2) is 22.6 Å². The second-order valence-corrected chi connectivity index (χ2v) is 8.92. The molecule has 1 heterocycles. The molecule has 2 aromatic carbocycles. The van der Waals surface area contributed by atoms with E-state index in [4.69, 9.17) is 4.74 Å². The Morgan fingerprint density at radius 3 is 2.38 bits per heavy atom. The summed E-state index contributed by atoms with van der Waals surface area (Å²) in [5.74, 6) is -0.973. The zero-order valence-corrected chi connectivity index (χ0v) is 18.1. The summed E-state index contributed by atoms with van der Waals surface area (Å²) in [4.78, 5) is 16.5. The molecule has 9 heteroatoms. The van der Waals surface area contributed by atoms with E-state index in [2.05, 4.69) is 20.9 Å². The van der Waals surface area contributed by atoms with Gasteiger partial charge in [0.2, 0.25) is 15.9 Å². The van der Waals surface area contributed by atoms with Gasteiger partial charge in [-0.1, -0.05) is 19.9 Å². The van der Waals surface area contributed by atoms with Crippen molar-refractivity contribution < 1.29 is 22.3 Å². The first-order valence-electron chi connectivity index (χ1n) is 8.84. The first-order valence-corrected chi connectivity index (χ1v) is 11.1. The van der Waals surface area contributed by atoms with Gasteiger partial charge in [0, 0.05) is 18.7 Å². The first kappa shape index (κ1) is 21.4. The fraction of sp³-hybridized carbons (Fsp3) is 0.200. The average Bonchev–Trinajstić information content (AvgIpc) is 3.06. The van der Waals surface area contributed by atoms with Crippen LogP contribution in [0.4, 0.5) is 4.39 Å². The molecule has 0 radical (unpaired) electrons. The van der Waals surface area contributed by atoms with Crippen molar-refractivity contribution in [1.82, 2.24) is 4.31 Å². The minimum Gasteiger partial charge on any atom is -0.402 e. The summed E-state index contributed by atoms with van der Waals surface area (Å²) >= 11 is 3.09. The zero-order valence-electron chi connectivity index (χ0n) is 15.7. The van der Waals surface area contributed by atoms with E-state index in [1.165, 1.54) is 40.7 Å². The number of halogens is 2. The van der Waals surface area contributed by atoms with Gasteiger partial charge < -0.3 is 4.74 Å². The Bertz CT molecular complexity index is 1110. The van der Waals surface area contributed by atoms with Crippen molar-refractivity contribution in [1.29, 1.82) is 0 Å². The molecular formula is C20H18BrFN2O4S. The quantitative estimate of drug-likeness (QED) is 0.463. The van der Waals surface area contributed by atoms with Crippen LogP contribution in [0.15, 0.2) is 62.5 Å². The van der Waals surface area contributed by atoms with Crippen LogP contribution in [-0.2, 0) is 19.6 Å². The summed E-state index contributed by atoms with van der Waals surface area (Å²) in [6.07, 6.45) is 1.48. The van der Waals surface area contributed by atoms with Crippen LogP contribution in [0.1, 0.15) is 25.0 Å². The molecule has 0 aromatic heterocycles. The third-order valence-corrected chi connectivity index (χ3v) is 6.98. The highest BCUT2D eigenvalue weighted by Gasteiger charge is 2.26. The fourth-order valence-corrected chi connectivity index (χ4v) is 4.63. The Morgan fingerprint density at radius 1 is 1.14 bits per heavy atom. The largest absolute Gasteiger partial charge is 0.402 e. The molecule has 0 saturated carbocycles. The van der Waals surface area contributed by atoms with E-state index in [1.807, 2.05) is 0 Å². The van der Waals surface area contributed by atoms with E-state index < -0.39 is 21.8 Å². The van der Waals surface area contributed by atoms with Gasteiger partial charge in [0.05, 0.1) is 9.37 Å². The Balaban J connectivity index is 1.88. The Morgan fingerprint density at radius 2 is 1.79 bits per heavy atom. The molecule has 1 aliphatic heterocycles. The summed E-state index contributed by atoms with van der Waals surface area (Å²) < 4.78 is 45.3. The smallest absolute Gasteiger partial charge is 0.363 e. The van der Waals surface area contributed by atoms with Gasteiger partial charge in [-0.05, 0) is 64.0 Å². The van der Waals surface area contributed by atoms with Crippen LogP contribution >= 0.6 is 15.9 Å². The Labute approximate surface area is 176 Å². The molecule has 0 amide bonds. The van der Waals surface area contributed by atoms with Gasteiger partial charge >= 0.3 is 5.97 Å². The number of esters is 1. The number of carbonyl (C=O) groups is 1. The van der Waals surface area contributed by atoms with Crippen molar-refractivity contribution in [3.8, 4) is 0 Å². The number of hydrogen-bond donors (Lipinski definition) is 0. The lowest BCUT2D eigenvalue weighted by molar-refractivity contribution is -0.129. The van der Waals surface area contributed by atoms with Crippen LogP contribution in [0.5, 0.6) is 0 Å². The van der Waals surface area contributed by atoms with Crippen LogP contribution in [-0.4, -0.2) is 37.7 Å². The van der Waals surface area contributed by atoms with Crippen LogP contribution in [0.25, 0.3) is 6.08 Å². The highest BCUT2D eigenvalue weighted by Crippen LogP contribution is 2.23. The van der Waals surface area contributed by atoms with Gasteiger partial charge in [0.1, 0.15) is 5.82 Å². The van der Waals surface area contributed by atoms with E-state index in [0.717, 1.165) is 0 Å². The van der Waals surface area contributed by atoms with Crippen LogP contribution in [0.2, 0.25) is 0 Å². The molecular weight excluding hydrogens is 463 g/mol. The molecule has 29 heavy (non-hydrogen) atoms. The van der Waals surface area contributed by atoms with Crippen molar-refractivity contribution in [2.24, 2.45) is 4.99 Å². The van der Waals surface area contributed by atoms with Crippen molar-refractivity contribution >= 4 is 43.9 Å². The minimum absolute atomic E-state index is 0.0679. The summed E-state index contributed by atoms with van der Waals surface area (Å²) in [5, 5.41) is 0. The molecule has 6 nitrogen and oxygen atoms in total. The molecule has 0 aliphatic carbocycles. The highest BCUT2D eigenvalue weighted by atomic mass is 79.9. The number of sulfonamides is 1. The van der Waals surface area contributed by atoms with Gasteiger partial charge in [-0.3, -0.25) is 0 Å². The van der Waals surface area contributed by atoms with Crippen molar-refractivity contribution in [3.05, 3.63) is 69.6 Å². The highest BCUT2D eigenvalue weighted by molar-refractivity contribution is 9.10. The molecule has 0 atom stereocenters. The summed E-state index contributed by atoms with van der Waals surface area (Å²) in [7, 11) is -3.57. The predicted octanol–water partition coefficient (Wildman–Crippen LogP) is 3.96. The second-order valence-electron chi connectivity index (χ2n) is 6.12.